The Morgan fingerprint density at radius 2 is 1.91 bits per heavy atom. The van der Waals surface area contributed by atoms with E-state index in [9.17, 15) is 4.79 Å². The molecule has 0 N–H and O–H groups in total. The van der Waals surface area contributed by atoms with Crippen molar-refractivity contribution < 1.29 is 9.53 Å². The first-order chi connectivity index (χ1) is 11.2. The van der Waals surface area contributed by atoms with Crippen LogP contribution in [0.25, 0.3) is 0 Å². The lowest BCUT2D eigenvalue weighted by molar-refractivity contribution is 0.0671. The molecule has 1 atom stereocenters. The molecule has 1 aromatic heterocycles. The van der Waals surface area contributed by atoms with Gasteiger partial charge in [-0.2, -0.15) is 0 Å². The number of hydrogen-bond donors (Lipinski definition) is 0. The molecule has 0 radical (unpaired) electrons. The summed E-state index contributed by atoms with van der Waals surface area (Å²) in [7, 11) is 3.60. The first-order valence-electron chi connectivity index (χ1n) is 8.27. The van der Waals surface area contributed by atoms with Crippen LogP contribution in [0.3, 0.4) is 0 Å². The van der Waals surface area contributed by atoms with Gasteiger partial charge < -0.3 is 14.2 Å². The lowest BCUT2D eigenvalue weighted by Gasteiger charge is -2.30. The lowest BCUT2D eigenvalue weighted by atomic mass is 10.0. The quantitative estimate of drug-likeness (QED) is 0.864. The first-order valence-corrected chi connectivity index (χ1v) is 8.27. The Morgan fingerprint density at radius 3 is 2.57 bits per heavy atom. The molecule has 3 rings (SSSR count). The van der Waals surface area contributed by atoms with Crippen LogP contribution in [0, 0.1) is 0 Å². The molecule has 0 bridgehead atoms. The van der Waals surface area contributed by atoms with Crippen LogP contribution in [0.15, 0.2) is 42.6 Å². The van der Waals surface area contributed by atoms with Crippen molar-refractivity contribution in [1.82, 2.24) is 9.47 Å². The second-order valence-electron chi connectivity index (χ2n) is 6.14. The highest BCUT2D eigenvalue weighted by atomic mass is 16.5. The maximum Gasteiger partial charge on any atom is 0.270 e. The van der Waals surface area contributed by atoms with Crippen molar-refractivity contribution in [1.29, 1.82) is 0 Å². The minimum atomic E-state index is 0.125. The molecule has 0 aliphatic carbocycles. The van der Waals surface area contributed by atoms with Crippen molar-refractivity contribution in [3.8, 4) is 5.75 Å². The number of nitrogens with zero attached hydrogens (tertiary/aromatic N) is 2. The molecule has 1 aliphatic heterocycles. The summed E-state index contributed by atoms with van der Waals surface area (Å²) in [5.41, 5.74) is 1.95. The van der Waals surface area contributed by atoms with Gasteiger partial charge in [0.05, 0.1) is 13.2 Å². The molecular weight excluding hydrogens is 288 g/mol. The molecule has 1 aliphatic rings. The van der Waals surface area contributed by atoms with Crippen molar-refractivity contribution in [2.24, 2.45) is 7.05 Å². The number of aromatic nitrogens is 1. The van der Waals surface area contributed by atoms with Crippen LogP contribution >= 0.6 is 0 Å². The monoisotopic (exact) mass is 312 g/mol. The van der Waals surface area contributed by atoms with Crippen molar-refractivity contribution in [2.45, 2.75) is 31.7 Å². The molecule has 1 aromatic carbocycles. The van der Waals surface area contributed by atoms with Gasteiger partial charge in [-0.05, 0) is 42.7 Å². The van der Waals surface area contributed by atoms with E-state index >= 15 is 0 Å². The van der Waals surface area contributed by atoms with Gasteiger partial charge in [-0.1, -0.05) is 25.0 Å². The molecule has 1 amide bonds. The van der Waals surface area contributed by atoms with Crippen molar-refractivity contribution in [3.63, 3.8) is 0 Å². The Hall–Kier alpha value is -2.23. The summed E-state index contributed by atoms with van der Waals surface area (Å²) in [6.45, 7) is 0.820. The molecule has 122 valence electrons. The number of amides is 1. The molecule has 1 saturated heterocycles. The average Bonchev–Trinajstić information content (AvgIpc) is 2.86. The Bertz CT molecular complexity index is 660. The molecule has 4 nitrogen and oxygen atoms in total. The molecule has 23 heavy (non-hydrogen) atoms. The van der Waals surface area contributed by atoms with Gasteiger partial charge in [0.15, 0.2) is 0 Å². The molecular formula is C19H24N2O2. The van der Waals surface area contributed by atoms with Gasteiger partial charge in [-0.15, -0.1) is 0 Å². The van der Waals surface area contributed by atoms with Crippen LogP contribution in [0.2, 0.25) is 0 Å². The van der Waals surface area contributed by atoms with E-state index in [1.807, 2.05) is 47.0 Å². The van der Waals surface area contributed by atoms with Gasteiger partial charge in [0.2, 0.25) is 0 Å². The zero-order valence-corrected chi connectivity index (χ0v) is 13.9. The highest BCUT2D eigenvalue weighted by Gasteiger charge is 2.28. The minimum Gasteiger partial charge on any atom is -0.497 e. The average molecular weight is 312 g/mol. The maximum atomic E-state index is 13.0. The van der Waals surface area contributed by atoms with Crippen molar-refractivity contribution in [3.05, 3.63) is 53.9 Å². The number of methoxy groups -OCH3 is 1. The maximum absolute atomic E-state index is 13.0. The van der Waals surface area contributed by atoms with Crippen molar-refractivity contribution in [2.75, 3.05) is 13.7 Å². The van der Waals surface area contributed by atoms with E-state index in [0.29, 0.717) is 0 Å². The number of aryl methyl sites for hydroxylation is 1. The summed E-state index contributed by atoms with van der Waals surface area (Å²) in [5.74, 6) is 0.975. The topological polar surface area (TPSA) is 34.5 Å². The molecule has 2 heterocycles. The molecule has 4 heteroatoms. The van der Waals surface area contributed by atoms with Crippen LogP contribution in [-0.2, 0) is 7.05 Å². The fourth-order valence-corrected chi connectivity index (χ4v) is 3.35. The molecule has 1 fully saturated rings. The summed E-state index contributed by atoms with van der Waals surface area (Å²) in [4.78, 5) is 15.1. The zero-order valence-electron chi connectivity index (χ0n) is 13.9. The van der Waals surface area contributed by atoms with E-state index < -0.39 is 0 Å². The summed E-state index contributed by atoms with van der Waals surface area (Å²) in [5, 5.41) is 0. The highest BCUT2D eigenvalue weighted by molar-refractivity contribution is 5.93. The van der Waals surface area contributed by atoms with Gasteiger partial charge in [0.25, 0.3) is 5.91 Å². The van der Waals surface area contributed by atoms with E-state index in [-0.39, 0.29) is 11.9 Å². The SMILES string of the molecule is COc1ccc(C2CCCCCN2C(=O)c2cccn2C)cc1. The number of carbonyl (C=O) groups excluding carboxylic acids is 1. The number of rotatable bonds is 3. The van der Waals surface area contributed by atoms with Crippen LogP contribution in [-0.4, -0.2) is 29.0 Å². The van der Waals surface area contributed by atoms with E-state index in [0.717, 1.165) is 37.3 Å². The molecule has 1 unspecified atom stereocenters. The third-order valence-electron chi connectivity index (χ3n) is 4.68. The van der Waals surface area contributed by atoms with Crippen LogP contribution in [0.4, 0.5) is 0 Å². The van der Waals surface area contributed by atoms with Gasteiger partial charge in [-0.25, -0.2) is 0 Å². The van der Waals surface area contributed by atoms with Crippen LogP contribution < -0.4 is 4.74 Å². The standard InChI is InChI=1S/C19H24N2O2/c1-20-13-6-8-18(20)19(22)21-14-5-3-4-7-17(21)15-9-11-16(23-2)12-10-15/h6,8-13,17H,3-5,7,14H2,1-2H3. The van der Waals surface area contributed by atoms with Gasteiger partial charge in [0, 0.05) is 19.8 Å². The Labute approximate surface area is 137 Å². The minimum absolute atomic E-state index is 0.125. The van der Waals surface area contributed by atoms with E-state index in [1.54, 1.807) is 7.11 Å². The largest absolute Gasteiger partial charge is 0.497 e. The summed E-state index contributed by atoms with van der Waals surface area (Å²) >= 11 is 0. The van der Waals surface area contributed by atoms with E-state index in [4.69, 9.17) is 4.74 Å². The fraction of sp³-hybridized carbons (Fsp3) is 0.421. The molecule has 2 aromatic rings. The smallest absolute Gasteiger partial charge is 0.270 e. The second-order valence-corrected chi connectivity index (χ2v) is 6.14. The van der Waals surface area contributed by atoms with Crippen molar-refractivity contribution >= 4 is 5.91 Å². The van der Waals surface area contributed by atoms with Gasteiger partial charge in [0.1, 0.15) is 11.4 Å². The second kappa shape index (κ2) is 6.90. The first kappa shape index (κ1) is 15.7. The fourth-order valence-electron chi connectivity index (χ4n) is 3.35. The normalized spacial score (nSPS) is 18.5. The molecule has 0 spiro atoms. The highest BCUT2D eigenvalue weighted by Crippen LogP contribution is 2.32. The number of carbonyl (C=O) groups is 1. The zero-order chi connectivity index (χ0) is 16.2. The summed E-state index contributed by atoms with van der Waals surface area (Å²) in [6, 6.07) is 12.1. The number of hydrogen-bond acceptors (Lipinski definition) is 2. The number of benzene rings is 1. The molecule has 0 saturated carbocycles. The van der Waals surface area contributed by atoms with Crippen LogP contribution in [0.5, 0.6) is 5.75 Å². The third-order valence-corrected chi connectivity index (χ3v) is 4.68. The summed E-state index contributed by atoms with van der Waals surface area (Å²) < 4.78 is 7.15. The summed E-state index contributed by atoms with van der Waals surface area (Å²) in [6.07, 6.45) is 6.36. The Balaban J connectivity index is 1.90. The van der Waals surface area contributed by atoms with E-state index in [1.165, 1.54) is 12.0 Å². The van der Waals surface area contributed by atoms with Crippen LogP contribution in [0.1, 0.15) is 47.8 Å². The van der Waals surface area contributed by atoms with Gasteiger partial charge in [-0.3, -0.25) is 4.79 Å². The predicted octanol–water partition coefficient (Wildman–Crippen LogP) is 3.79. The third kappa shape index (κ3) is 3.26. The Kier molecular flexibility index (Phi) is 4.70. The lowest BCUT2D eigenvalue weighted by Crippen LogP contribution is -2.35. The predicted molar refractivity (Wildman–Crippen MR) is 90.7 cm³/mol. The van der Waals surface area contributed by atoms with E-state index in [2.05, 4.69) is 12.1 Å². The Morgan fingerprint density at radius 1 is 1.13 bits per heavy atom. The number of ether oxygens (including phenoxy) is 1. The number of likely N-dealkylation sites (tertiary alicyclic amines) is 1. The van der Waals surface area contributed by atoms with Gasteiger partial charge >= 0.3 is 0 Å².